The Hall–Kier alpha value is -3.35. The molecule has 3 amide bonds. The van der Waals surface area contributed by atoms with Crippen molar-refractivity contribution in [2.75, 3.05) is 18.5 Å². The summed E-state index contributed by atoms with van der Waals surface area (Å²) in [4.78, 5) is 36.0. The number of anilines is 1. The van der Waals surface area contributed by atoms with Crippen LogP contribution in [-0.4, -0.2) is 36.9 Å². The maximum absolute atomic E-state index is 12.1. The van der Waals surface area contributed by atoms with Gasteiger partial charge in [0.15, 0.2) is 6.61 Å². The molecule has 0 fully saturated rings. The van der Waals surface area contributed by atoms with Crippen LogP contribution in [0.25, 0.3) is 0 Å². The fraction of sp³-hybridized carbons (Fsp3) is 0.286. The summed E-state index contributed by atoms with van der Waals surface area (Å²) in [7, 11) is 0. The number of amides is 3. The molecule has 2 rings (SSSR count). The summed E-state index contributed by atoms with van der Waals surface area (Å²) in [5.74, 6) is -0.652. The van der Waals surface area contributed by atoms with Gasteiger partial charge in [0.2, 0.25) is 11.8 Å². The Bertz CT molecular complexity index is 837. The highest BCUT2D eigenvalue weighted by molar-refractivity contribution is 5.96. The maximum atomic E-state index is 12.1. The smallest absolute Gasteiger partial charge is 0.258 e. The predicted molar refractivity (Wildman–Crippen MR) is 107 cm³/mol. The van der Waals surface area contributed by atoms with Gasteiger partial charge in [-0.1, -0.05) is 30.3 Å². The van der Waals surface area contributed by atoms with E-state index in [1.165, 1.54) is 0 Å². The van der Waals surface area contributed by atoms with E-state index in [0.29, 0.717) is 11.4 Å². The number of carbonyl (C=O) groups is 3. The van der Waals surface area contributed by atoms with Crippen LogP contribution in [0.15, 0.2) is 48.5 Å². The molecule has 0 saturated heterocycles. The molecule has 0 aliphatic rings. The zero-order chi connectivity index (χ0) is 20.5. The normalized spacial score (nSPS) is 11.2. The number of para-hydroxylation sites is 1. The first-order valence-corrected chi connectivity index (χ1v) is 8.98. The third kappa shape index (κ3) is 6.42. The number of aryl methyl sites for hydroxylation is 1. The standard InChI is InChI=1S/C21H25N3O4/c1-14-8-7-11-18(15(14)2)24-19(25)12-22-21(27)16(3)23-20(26)13-28-17-9-5-4-6-10-17/h4-11,16H,12-13H2,1-3H3,(H,22,27)(H,23,26)(H,24,25)/t16-/m0/s1. The minimum absolute atomic E-state index is 0.188. The summed E-state index contributed by atoms with van der Waals surface area (Å²) in [5.41, 5.74) is 2.75. The lowest BCUT2D eigenvalue weighted by Gasteiger charge is -2.15. The van der Waals surface area contributed by atoms with E-state index in [1.807, 2.05) is 32.0 Å². The fourth-order valence-corrected chi connectivity index (χ4v) is 2.42. The number of nitrogens with one attached hydrogen (secondary N) is 3. The van der Waals surface area contributed by atoms with Crippen molar-refractivity contribution < 1.29 is 19.1 Å². The zero-order valence-electron chi connectivity index (χ0n) is 16.2. The van der Waals surface area contributed by atoms with Gasteiger partial charge in [-0.05, 0) is 50.1 Å². The minimum Gasteiger partial charge on any atom is -0.484 e. The van der Waals surface area contributed by atoms with Crippen LogP contribution in [0, 0.1) is 13.8 Å². The number of ether oxygens (including phenoxy) is 1. The Morgan fingerprint density at radius 1 is 0.964 bits per heavy atom. The van der Waals surface area contributed by atoms with Crippen molar-refractivity contribution in [3.05, 3.63) is 59.7 Å². The van der Waals surface area contributed by atoms with E-state index < -0.39 is 17.9 Å². The summed E-state index contributed by atoms with van der Waals surface area (Å²) < 4.78 is 5.33. The van der Waals surface area contributed by atoms with Crippen LogP contribution in [0.2, 0.25) is 0 Å². The van der Waals surface area contributed by atoms with Gasteiger partial charge in [-0.3, -0.25) is 14.4 Å². The first-order valence-electron chi connectivity index (χ1n) is 8.98. The van der Waals surface area contributed by atoms with E-state index in [-0.39, 0.29) is 19.1 Å². The molecule has 0 aliphatic carbocycles. The molecule has 0 aliphatic heterocycles. The van der Waals surface area contributed by atoms with Crippen molar-refractivity contribution in [2.24, 2.45) is 0 Å². The van der Waals surface area contributed by atoms with Crippen molar-refractivity contribution in [1.29, 1.82) is 0 Å². The Morgan fingerprint density at radius 3 is 2.39 bits per heavy atom. The van der Waals surface area contributed by atoms with Gasteiger partial charge in [-0.25, -0.2) is 0 Å². The third-order valence-corrected chi connectivity index (χ3v) is 4.19. The largest absolute Gasteiger partial charge is 0.484 e. The summed E-state index contributed by atoms with van der Waals surface area (Å²) in [6, 6.07) is 13.7. The van der Waals surface area contributed by atoms with Gasteiger partial charge in [-0.2, -0.15) is 0 Å². The van der Waals surface area contributed by atoms with Crippen LogP contribution in [0.5, 0.6) is 5.75 Å². The summed E-state index contributed by atoms with van der Waals surface area (Å²) in [6.07, 6.45) is 0. The molecule has 7 nitrogen and oxygen atoms in total. The molecule has 0 heterocycles. The predicted octanol–water partition coefficient (Wildman–Crippen LogP) is 1.94. The van der Waals surface area contributed by atoms with E-state index >= 15 is 0 Å². The highest BCUT2D eigenvalue weighted by Crippen LogP contribution is 2.17. The van der Waals surface area contributed by atoms with Crippen LogP contribution in [0.3, 0.4) is 0 Å². The van der Waals surface area contributed by atoms with Gasteiger partial charge in [0, 0.05) is 5.69 Å². The number of benzene rings is 2. The molecule has 0 aromatic heterocycles. The number of hydrogen-bond donors (Lipinski definition) is 3. The topological polar surface area (TPSA) is 96.5 Å². The average molecular weight is 383 g/mol. The van der Waals surface area contributed by atoms with Crippen LogP contribution in [-0.2, 0) is 14.4 Å². The highest BCUT2D eigenvalue weighted by Gasteiger charge is 2.17. The second kappa shape index (κ2) is 10.1. The first-order chi connectivity index (χ1) is 13.4. The van der Waals surface area contributed by atoms with Crippen molar-refractivity contribution in [1.82, 2.24) is 10.6 Å². The molecule has 1 atom stereocenters. The number of carbonyl (C=O) groups excluding carboxylic acids is 3. The lowest BCUT2D eigenvalue weighted by molar-refractivity contribution is -0.130. The first kappa shape index (κ1) is 21.0. The van der Waals surface area contributed by atoms with Crippen LogP contribution in [0.1, 0.15) is 18.1 Å². The van der Waals surface area contributed by atoms with E-state index in [0.717, 1.165) is 11.1 Å². The Balaban J connectivity index is 1.73. The van der Waals surface area contributed by atoms with Gasteiger partial charge >= 0.3 is 0 Å². The maximum Gasteiger partial charge on any atom is 0.258 e. The van der Waals surface area contributed by atoms with Crippen molar-refractivity contribution in [2.45, 2.75) is 26.8 Å². The lowest BCUT2D eigenvalue weighted by atomic mass is 10.1. The second-order valence-corrected chi connectivity index (χ2v) is 6.40. The second-order valence-electron chi connectivity index (χ2n) is 6.40. The molecule has 2 aromatic rings. The Kier molecular flexibility index (Phi) is 7.56. The molecule has 0 spiro atoms. The van der Waals surface area contributed by atoms with E-state index in [2.05, 4.69) is 16.0 Å². The van der Waals surface area contributed by atoms with E-state index in [9.17, 15) is 14.4 Å². The molecule has 0 bridgehead atoms. The summed E-state index contributed by atoms with van der Waals surface area (Å²) in [6.45, 7) is 5.03. The Labute approximate surface area is 164 Å². The molecule has 28 heavy (non-hydrogen) atoms. The van der Waals surface area contributed by atoms with Gasteiger partial charge in [0.25, 0.3) is 5.91 Å². The molecule has 0 unspecified atom stereocenters. The zero-order valence-corrected chi connectivity index (χ0v) is 16.2. The molecule has 7 heteroatoms. The van der Waals surface area contributed by atoms with Gasteiger partial charge in [-0.15, -0.1) is 0 Å². The van der Waals surface area contributed by atoms with Crippen molar-refractivity contribution in [3.63, 3.8) is 0 Å². The molecule has 148 valence electrons. The number of hydrogen-bond acceptors (Lipinski definition) is 4. The van der Waals surface area contributed by atoms with Crippen molar-refractivity contribution >= 4 is 23.4 Å². The summed E-state index contributed by atoms with van der Waals surface area (Å²) >= 11 is 0. The average Bonchev–Trinajstić information content (AvgIpc) is 2.68. The van der Waals surface area contributed by atoms with E-state index in [4.69, 9.17) is 4.74 Å². The Morgan fingerprint density at radius 2 is 1.68 bits per heavy atom. The SMILES string of the molecule is Cc1cccc(NC(=O)CNC(=O)[C@H](C)NC(=O)COc2ccccc2)c1C. The number of rotatable bonds is 8. The van der Waals surface area contributed by atoms with Crippen LogP contribution in [0.4, 0.5) is 5.69 Å². The van der Waals surface area contributed by atoms with Gasteiger partial charge in [0.05, 0.1) is 6.54 Å². The van der Waals surface area contributed by atoms with Gasteiger partial charge < -0.3 is 20.7 Å². The monoisotopic (exact) mass is 383 g/mol. The van der Waals surface area contributed by atoms with E-state index in [1.54, 1.807) is 37.3 Å². The molecule has 2 aromatic carbocycles. The summed E-state index contributed by atoms with van der Waals surface area (Å²) in [5, 5.41) is 7.80. The minimum atomic E-state index is -0.791. The van der Waals surface area contributed by atoms with Gasteiger partial charge in [0.1, 0.15) is 11.8 Å². The quantitative estimate of drug-likeness (QED) is 0.649. The fourth-order valence-electron chi connectivity index (χ4n) is 2.42. The van der Waals surface area contributed by atoms with Crippen LogP contribution < -0.4 is 20.7 Å². The lowest BCUT2D eigenvalue weighted by Crippen LogP contribution is -2.47. The van der Waals surface area contributed by atoms with Crippen LogP contribution >= 0.6 is 0 Å². The molecular formula is C21H25N3O4. The molecule has 0 radical (unpaired) electrons. The molecular weight excluding hydrogens is 358 g/mol. The van der Waals surface area contributed by atoms with Crippen molar-refractivity contribution in [3.8, 4) is 5.75 Å². The molecule has 3 N–H and O–H groups in total. The molecule has 0 saturated carbocycles. The highest BCUT2D eigenvalue weighted by atomic mass is 16.5. The third-order valence-electron chi connectivity index (χ3n) is 4.19.